The second-order valence-corrected chi connectivity index (χ2v) is 7.20. The van der Waals surface area contributed by atoms with Crippen LogP contribution in [0, 0.1) is 0 Å². The van der Waals surface area contributed by atoms with Gasteiger partial charge in [-0.05, 0) is 37.3 Å². The van der Waals surface area contributed by atoms with E-state index in [1.54, 1.807) is 6.07 Å². The summed E-state index contributed by atoms with van der Waals surface area (Å²) in [4.78, 5) is 27.4. The number of thioether (sulfide) groups is 1. The molecule has 0 saturated heterocycles. The highest BCUT2D eigenvalue weighted by atomic mass is 35.5. The predicted molar refractivity (Wildman–Crippen MR) is 97.7 cm³/mol. The summed E-state index contributed by atoms with van der Waals surface area (Å²) < 4.78 is 0. The van der Waals surface area contributed by atoms with Crippen LogP contribution in [0.15, 0.2) is 52.4 Å². The zero-order chi connectivity index (χ0) is 16.7. The number of imidazole rings is 1. The minimum Gasteiger partial charge on any atom is -0.333 e. The first kappa shape index (κ1) is 15.2. The third-order valence-corrected chi connectivity index (χ3v) is 4.96. The van der Waals surface area contributed by atoms with Gasteiger partial charge in [0, 0.05) is 5.02 Å². The van der Waals surface area contributed by atoms with E-state index in [4.69, 9.17) is 11.6 Å². The standard InChI is InChI=1S/C17H13ClN4OS/c1-9(15-19-12-5-3-2-4-11(12)16(23)22-15)24-17-20-13-7-6-10(18)8-14(13)21-17/h2-9H,1H3,(H,20,21)(H,19,22,23)/t9-/m1/s1. The van der Waals surface area contributed by atoms with E-state index < -0.39 is 0 Å². The summed E-state index contributed by atoms with van der Waals surface area (Å²) in [6.07, 6.45) is 0. The molecule has 2 heterocycles. The SMILES string of the molecule is C[C@@H](Sc1nc2ccc(Cl)cc2[nH]1)c1nc2ccccc2c(=O)[nH]1. The van der Waals surface area contributed by atoms with Gasteiger partial charge in [0.15, 0.2) is 5.16 Å². The first-order valence-electron chi connectivity index (χ1n) is 7.41. The first-order chi connectivity index (χ1) is 11.6. The highest BCUT2D eigenvalue weighted by molar-refractivity contribution is 7.99. The van der Waals surface area contributed by atoms with Crippen molar-refractivity contribution in [2.24, 2.45) is 0 Å². The maximum Gasteiger partial charge on any atom is 0.258 e. The molecule has 7 heteroatoms. The van der Waals surface area contributed by atoms with Gasteiger partial charge in [-0.2, -0.15) is 0 Å². The molecule has 120 valence electrons. The minimum atomic E-state index is -0.126. The maximum absolute atomic E-state index is 12.2. The van der Waals surface area contributed by atoms with Crippen LogP contribution < -0.4 is 5.56 Å². The van der Waals surface area contributed by atoms with E-state index in [9.17, 15) is 4.79 Å². The number of fused-ring (bicyclic) bond motifs is 2. The molecule has 2 aromatic carbocycles. The Morgan fingerprint density at radius 1 is 1.08 bits per heavy atom. The molecule has 24 heavy (non-hydrogen) atoms. The quantitative estimate of drug-likeness (QED) is 0.536. The molecule has 4 rings (SSSR count). The van der Waals surface area contributed by atoms with Crippen LogP contribution in [-0.2, 0) is 0 Å². The lowest BCUT2D eigenvalue weighted by molar-refractivity contribution is 0.914. The summed E-state index contributed by atoms with van der Waals surface area (Å²) in [6, 6.07) is 12.8. The van der Waals surface area contributed by atoms with Gasteiger partial charge in [0.2, 0.25) is 0 Å². The Hall–Kier alpha value is -2.31. The van der Waals surface area contributed by atoms with Crippen molar-refractivity contribution in [1.29, 1.82) is 0 Å². The fourth-order valence-corrected chi connectivity index (χ4v) is 3.58. The van der Waals surface area contributed by atoms with Gasteiger partial charge in [0.1, 0.15) is 5.82 Å². The van der Waals surface area contributed by atoms with E-state index in [2.05, 4.69) is 19.9 Å². The Kier molecular flexibility index (Phi) is 3.78. The van der Waals surface area contributed by atoms with E-state index in [1.165, 1.54) is 11.8 Å². The Morgan fingerprint density at radius 2 is 1.92 bits per heavy atom. The van der Waals surface area contributed by atoms with E-state index in [1.807, 2.05) is 43.3 Å². The van der Waals surface area contributed by atoms with Gasteiger partial charge in [0.25, 0.3) is 5.56 Å². The van der Waals surface area contributed by atoms with Crippen molar-refractivity contribution in [1.82, 2.24) is 19.9 Å². The number of aromatic amines is 2. The molecular weight excluding hydrogens is 344 g/mol. The van der Waals surface area contributed by atoms with Crippen molar-refractivity contribution in [3.63, 3.8) is 0 Å². The molecule has 0 aliphatic heterocycles. The molecule has 2 aromatic heterocycles. The highest BCUT2D eigenvalue weighted by Crippen LogP contribution is 2.32. The zero-order valence-corrected chi connectivity index (χ0v) is 14.3. The van der Waals surface area contributed by atoms with Gasteiger partial charge in [-0.15, -0.1) is 0 Å². The van der Waals surface area contributed by atoms with E-state index in [-0.39, 0.29) is 10.8 Å². The van der Waals surface area contributed by atoms with Crippen LogP contribution in [0.5, 0.6) is 0 Å². The number of para-hydroxylation sites is 1. The lowest BCUT2D eigenvalue weighted by Crippen LogP contribution is -2.12. The molecule has 0 fully saturated rings. The largest absolute Gasteiger partial charge is 0.333 e. The summed E-state index contributed by atoms with van der Waals surface area (Å²) in [5.74, 6) is 0.627. The van der Waals surface area contributed by atoms with Gasteiger partial charge < -0.3 is 9.97 Å². The Labute approximate surface area is 146 Å². The second-order valence-electron chi connectivity index (χ2n) is 5.43. The number of nitrogens with one attached hydrogen (secondary N) is 2. The molecule has 1 atom stereocenters. The third kappa shape index (κ3) is 2.79. The van der Waals surface area contributed by atoms with Crippen molar-refractivity contribution in [2.75, 3.05) is 0 Å². The number of rotatable bonds is 3. The zero-order valence-electron chi connectivity index (χ0n) is 12.7. The number of hydrogen-bond acceptors (Lipinski definition) is 4. The monoisotopic (exact) mass is 356 g/mol. The van der Waals surface area contributed by atoms with Crippen LogP contribution in [-0.4, -0.2) is 19.9 Å². The maximum atomic E-state index is 12.2. The van der Waals surface area contributed by atoms with Gasteiger partial charge in [-0.25, -0.2) is 9.97 Å². The summed E-state index contributed by atoms with van der Waals surface area (Å²) in [5, 5.41) is 1.96. The Balaban J connectivity index is 1.67. The lowest BCUT2D eigenvalue weighted by Gasteiger charge is -2.09. The van der Waals surface area contributed by atoms with E-state index >= 15 is 0 Å². The third-order valence-electron chi connectivity index (χ3n) is 3.73. The Bertz CT molecular complexity index is 1100. The topological polar surface area (TPSA) is 74.4 Å². The van der Waals surface area contributed by atoms with E-state index in [0.29, 0.717) is 21.7 Å². The molecule has 0 amide bonds. The molecule has 0 radical (unpaired) electrons. The fraction of sp³-hybridized carbons (Fsp3) is 0.118. The molecule has 2 N–H and O–H groups in total. The van der Waals surface area contributed by atoms with Crippen molar-refractivity contribution in [2.45, 2.75) is 17.3 Å². The molecule has 4 aromatic rings. The molecular formula is C17H13ClN4OS. The number of halogens is 1. The number of nitrogens with zero attached hydrogens (tertiary/aromatic N) is 2. The molecule has 0 spiro atoms. The van der Waals surface area contributed by atoms with Crippen LogP contribution in [0.3, 0.4) is 0 Å². The molecule has 0 aliphatic rings. The van der Waals surface area contributed by atoms with Crippen LogP contribution in [0.1, 0.15) is 18.0 Å². The molecule has 5 nitrogen and oxygen atoms in total. The van der Waals surface area contributed by atoms with Crippen molar-refractivity contribution >= 4 is 45.3 Å². The summed E-state index contributed by atoms with van der Waals surface area (Å²) >= 11 is 7.50. The van der Waals surface area contributed by atoms with Gasteiger partial charge in [-0.1, -0.05) is 35.5 Å². The first-order valence-corrected chi connectivity index (χ1v) is 8.67. The van der Waals surface area contributed by atoms with Crippen molar-refractivity contribution < 1.29 is 0 Å². The minimum absolute atomic E-state index is 0.0571. The summed E-state index contributed by atoms with van der Waals surface area (Å²) in [6.45, 7) is 1.98. The summed E-state index contributed by atoms with van der Waals surface area (Å²) in [7, 11) is 0. The van der Waals surface area contributed by atoms with Gasteiger partial charge in [0.05, 0.1) is 27.2 Å². The fourth-order valence-electron chi connectivity index (χ4n) is 2.53. The molecule has 0 unspecified atom stereocenters. The van der Waals surface area contributed by atoms with Crippen LogP contribution >= 0.6 is 23.4 Å². The Morgan fingerprint density at radius 3 is 2.79 bits per heavy atom. The van der Waals surface area contributed by atoms with Crippen LogP contribution in [0.2, 0.25) is 5.02 Å². The smallest absolute Gasteiger partial charge is 0.258 e. The van der Waals surface area contributed by atoms with Gasteiger partial charge >= 0.3 is 0 Å². The number of benzene rings is 2. The summed E-state index contributed by atoms with van der Waals surface area (Å²) in [5.41, 5.74) is 2.31. The molecule has 0 saturated carbocycles. The highest BCUT2D eigenvalue weighted by Gasteiger charge is 2.14. The number of H-pyrrole nitrogens is 2. The second kappa shape index (κ2) is 5.96. The lowest BCUT2D eigenvalue weighted by atomic mass is 10.2. The number of hydrogen-bond donors (Lipinski definition) is 2. The predicted octanol–water partition coefficient (Wildman–Crippen LogP) is 4.31. The van der Waals surface area contributed by atoms with Crippen LogP contribution in [0.25, 0.3) is 21.9 Å². The average molecular weight is 357 g/mol. The average Bonchev–Trinajstić information content (AvgIpc) is 2.96. The normalized spacial score (nSPS) is 12.8. The number of aromatic nitrogens is 4. The van der Waals surface area contributed by atoms with Crippen molar-refractivity contribution in [3.8, 4) is 0 Å². The van der Waals surface area contributed by atoms with E-state index in [0.717, 1.165) is 16.2 Å². The molecule has 0 bridgehead atoms. The molecule has 0 aliphatic carbocycles. The van der Waals surface area contributed by atoms with Crippen LogP contribution in [0.4, 0.5) is 0 Å². The van der Waals surface area contributed by atoms with Gasteiger partial charge in [-0.3, -0.25) is 4.79 Å². The van der Waals surface area contributed by atoms with Crippen molar-refractivity contribution in [3.05, 3.63) is 63.7 Å².